The number of aromatic amines is 1. The number of halogens is 2. The summed E-state index contributed by atoms with van der Waals surface area (Å²) in [6.45, 7) is 2.14. The number of H-pyrrole nitrogens is 1. The first-order valence-electron chi connectivity index (χ1n) is 6.52. The molecule has 9 heteroatoms. The molecule has 0 fully saturated rings. The average molecular weight is 328 g/mol. The summed E-state index contributed by atoms with van der Waals surface area (Å²) >= 11 is 5.64. The summed E-state index contributed by atoms with van der Waals surface area (Å²) in [5, 5.41) is 13.5. The number of likely N-dealkylation sites (N-methyl/N-ethyl adjacent to an activating group) is 1. The van der Waals surface area contributed by atoms with Crippen molar-refractivity contribution in [3.63, 3.8) is 0 Å². The summed E-state index contributed by atoms with van der Waals surface area (Å²) in [7, 11) is 1.65. The SMILES string of the molecule is C[C@@H](CN(C)C(=O)COc1ccc(F)c(Cl)c1)c1nn[nH]n1. The van der Waals surface area contributed by atoms with Gasteiger partial charge in [0.2, 0.25) is 0 Å². The first-order valence-corrected chi connectivity index (χ1v) is 6.90. The fourth-order valence-electron chi connectivity index (χ4n) is 1.79. The second kappa shape index (κ2) is 7.17. The third-order valence-corrected chi connectivity index (χ3v) is 3.32. The van der Waals surface area contributed by atoms with Crippen LogP contribution in [0.1, 0.15) is 18.7 Å². The topological polar surface area (TPSA) is 84.0 Å². The summed E-state index contributed by atoms with van der Waals surface area (Å²) < 4.78 is 18.3. The number of aromatic nitrogens is 4. The van der Waals surface area contributed by atoms with Crippen LogP contribution in [0.4, 0.5) is 4.39 Å². The number of nitrogens with zero attached hydrogens (tertiary/aromatic N) is 4. The number of carbonyl (C=O) groups is 1. The van der Waals surface area contributed by atoms with Crippen LogP contribution in [0.25, 0.3) is 0 Å². The van der Waals surface area contributed by atoms with Crippen molar-refractivity contribution in [2.45, 2.75) is 12.8 Å². The zero-order chi connectivity index (χ0) is 16.1. The average Bonchev–Trinajstić information content (AvgIpc) is 3.02. The molecule has 118 valence electrons. The van der Waals surface area contributed by atoms with E-state index in [0.29, 0.717) is 18.1 Å². The quantitative estimate of drug-likeness (QED) is 0.871. The number of hydrogen-bond donors (Lipinski definition) is 1. The van der Waals surface area contributed by atoms with Gasteiger partial charge in [-0.1, -0.05) is 23.7 Å². The largest absolute Gasteiger partial charge is 0.484 e. The van der Waals surface area contributed by atoms with Crippen LogP contribution >= 0.6 is 11.6 Å². The van der Waals surface area contributed by atoms with Crippen LogP contribution in [-0.4, -0.2) is 51.6 Å². The Labute approximate surface area is 131 Å². The maximum atomic E-state index is 13.0. The molecule has 0 aliphatic carbocycles. The third-order valence-electron chi connectivity index (χ3n) is 3.03. The van der Waals surface area contributed by atoms with Crippen LogP contribution in [-0.2, 0) is 4.79 Å². The van der Waals surface area contributed by atoms with E-state index in [1.54, 1.807) is 7.05 Å². The second-order valence-electron chi connectivity index (χ2n) is 4.81. The summed E-state index contributed by atoms with van der Waals surface area (Å²) in [4.78, 5) is 13.5. The monoisotopic (exact) mass is 327 g/mol. The van der Waals surface area contributed by atoms with Gasteiger partial charge in [0.15, 0.2) is 12.4 Å². The molecule has 7 nitrogen and oxygen atoms in total. The lowest BCUT2D eigenvalue weighted by atomic mass is 10.1. The Balaban J connectivity index is 1.84. The Hall–Kier alpha value is -2.22. The van der Waals surface area contributed by atoms with Crippen LogP contribution in [0.3, 0.4) is 0 Å². The highest BCUT2D eigenvalue weighted by Gasteiger charge is 2.17. The Kier molecular flexibility index (Phi) is 5.26. The predicted octanol–water partition coefficient (Wildman–Crippen LogP) is 1.63. The Bertz CT molecular complexity index is 637. The number of nitrogens with one attached hydrogen (secondary N) is 1. The van der Waals surface area contributed by atoms with Crippen LogP contribution in [0.2, 0.25) is 5.02 Å². The van der Waals surface area contributed by atoms with Crippen molar-refractivity contribution in [1.82, 2.24) is 25.5 Å². The van der Waals surface area contributed by atoms with Gasteiger partial charge in [-0.2, -0.15) is 5.21 Å². The molecule has 2 aromatic rings. The van der Waals surface area contributed by atoms with Gasteiger partial charge < -0.3 is 9.64 Å². The van der Waals surface area contributed by atoms with E-state index in [9.17, 15) is 9.18 Å². The standard InChI is InChI=1S/C13H15ClFN5O2/c1-8(13-16-18-19-17-13)6-20(2)12(21)7-22-9-3-4-11(15)10(14)5-9/h3-5,8H,6-7H2,1-2H3,(H,16,17,18,19)/t8-/m0/s1. The van der Waals surface area contributed by atoms with Crippen molar-refractivity contribution in [3.05, 3.63) is 34.9 Å². The molecule has 0 saturated carbocycles. The van der Waals surface area contributed by atoms with Gasteiger partial charge >= 0.3 is 0 Å². The molecule has 1 amide bonds. The molecule has 0 aliphatic rings. The fraction of sp³-hybridized carbons (Fsp3) is 0.385. The van der Waals surface area contributed by atoms with Crippen molar-refractivity contribution < 1.29 is 13.9 Å². The highest BCUT2D eigenvalue weighted by atomic mass is 35.5. The molecule has 22 heavy (non-hydrogen) atoms. The third kappa shape index (κ3) is 4.14. The van der Waals surface area contributed by atoms with Crippen LogP contribution < -0.4 is 4.74 Å². The molecule has 0 bridgehead atoms. The summed E-state index contributed by atoms with van der Waals surface area (Å²) in [6, 6.07) is 3.92. The lowest BCUT2D eigenvalue weighted by Gasteiger charge is -2.20. The van der Waals surface area contributed by atoms with Crippen molar-refractivity contribution in [1.29, 1.82) is 0 Å². The van der Waals surface area contributed by atoms with Gasteiger partial charge in [0.25, 0.3) is 5.91 Å². The fourth-order valence-corrected chi connectivity index (χ4v) is 1.96. The van der Waals surface area contributed by atoms with E-state index in [-0.39, 0.29) is 23.5 Å². The van der Waals surface area contributed by atoms with Gasteiger partial charge in [-0.05, 0) is 12.1 Å². The van der Waals surface area contributed by atoms with Crippen molar-refractivity contribution >= 4 is 17.5 Å². The molecule has 1 atom stereocenters. The predicted molar refractivity (Wildman–Crippen MR) is 77.1 cm³/mol. The zero-order valence-corrected chi connectivity index (χ0v) is 12.8. The van der Waals surface area contributed by atoms with E-state index in [1.807, 2.05) is 6.92 Å². The van der Waals surface area contributed by atoms with Crippen molar-refractivity contribution in [3.8, 4) is 5.75 Å². The minimum absolute atomic E-state index is 0.0518. The first-order chi connectivity index (χ1) is 10.5. The van der Waals surface area contributed by atoms with E-state index >= 15 is 0 Å². The number of amides is 1. The number of rotatable bonds is 6. The molecule has 0 saturated heterocycles. The lowest BCUT2D eigenvalue weighted by Crippen LogP contribution is -2.34. The highest BCUT2D eigenvalue weighted by molar-refractivity contribution is 6.30. The second-order valence-corrected chi connectivity index (χ2v) is 5.22. The lowest BCUT2D eigenvalue weighted by molar-refractivity contribution is -0.132. The molecular weight excluding hydrogens is 313 g/mol. The first kappa shape index (κ1) is 16.2. The summed E-state index contributed by atoms with van der Waals surface area (Å²) in [6.07, 6.45) is 0. The van der Waals surface area contributed by atoms with E-state index in [0.717, 1.165) is 0 Å². The zero-order valence-electron chi connectivity index (χ0n) is 12.1. The minimum Gasteiger partial charge on any atom is -0.484 e. The molecule has 1 heterocycles. The van der Waals surface area contributed by atoms with Crippen LogP contribution in [0.5, 0.6) is 5.75 Å². The number of carbonyl (C=O) groups excluding carboxylic acids is 1. The van der Waals surface area contributed by atoms with E-state index < -0.39 is 5.82 Å². The Morgan fingerprint density at radius 1 is 1.55 bits per heavy atom. The van der Waals surface area contributed by atoms with Crippen LogP contribution in [0, 0.1) is 5.82 Å². The van der Waals surface area contributed by atoms with Crippen molar-refractivity contribution in [2.75, 3.05) is 20.2 Å². The number of ether oxygens (including phenoxy) is 1. The Morgan fingerprint density at radius 2 is 2.32 bits per heavy atom. The maximum Gasteiger partial charge on any atom is 0.260 e. The van der Waals surface area contributed by atoms with Gasteiger partial charge in [-0.3, -0.25) is 4.79 Å². The smallest absolute Gasteiger partial charge is 0.260 e. The van der Waals surface area contributed by atoms with Gasteiger partial charge in [-0.15, -0.1) is 10.2 Å². The Morgan fingerprint density at radius 3 is 2.95 bits per heavy atom. The molecule has 0 radical (unpaired) electrons. The highest BCUT2D eigenvalue weighted by Crippen LogP contribution is 2.21. The molecule has 0 aliphatic heterocycles. The van der Waals surface area contributed by atoms with Gasteiger partial charge in [-0.25, -0.2) is 4.39 Å². The minimum atomic E-state index is -0.536. The molecule has 2 rings (SSSR count). The molecule has 0 spiro atoms. The van der Waals surface area contributed by atoms with Gasteiger partial charge in [0.05, 0.1) is 5.02 Å². The number of tetrazole rings is 1. The number of hydrogen-bond acceptors (Lipinski definition) is 5. The molecule has 0 unspecified atom stereocenters. The molecule has 1 N–H and O–H groups in total. The van der Waals surface area contributed by atoms with E-state index in [4.69, 9.17) is 16.3 Å². The normalized spacial score (nSPS) is 12.0. The van der Waals surface area contributed by atoms with E-state index in [2.05, 4.69) is 20.6 Å². The molecular formula is C13H15ClFN5O2. The maximum absolute atomic E-state index is 13.0. The van der Waals surface area contributed by atoms with Crippen molar-refractivity contribution in [2.24, 2.45) is 0 Å². The van der Waals surface area contributed by atoms with E-state index in [1.165, 1.54) is 23.1 Å². The van der Waals surface area contributed by atoms with Gasteiger partial charge in [0, 0.05) is 25.6 Å². The number of benzene rings is 1. The molecule has 1 aromatic carbocycles. The van der Waals surface area contributed by atoms with Crippen LogP contribution in [0.15, 0.2) is 18.2 Å². The summed E-state index contributed by atoms with van der Waals surface area (Å²) in [5.41, 5.74) is 0. The summed E-state index contributed by atoms with van der Waals surface area (Å²) in [5.74, 6) is 0.0420. The molecule has 1 aromatic heterocycles. The van der Waals surface area contributed by atoms with Gasteiger partial charge in [0.1, 0.15) is 11.6 Å².